The summed E-state index contributed by atoms with van der Waals surface area (Å²) in [6.45, 7) is -0.508. The minimum atomic E-state index is -4.60. The second kappa shape index (κ2) is 11.6. The highest BCUT2D eigenvalue weighted by atomic mass is 35.5. The van der Waals surface area contributed by atoms with Gasteiger partial charge in [0, 0.05) is 12.0 Å². The molecule has 2 aromatic heterocycles. The molecule has 1 aliphatic carbocycles. The average Bonchev–Trinajstić information content (AvgIpc) is 3.28. The molecule has 0 aliphatic heterocycles. The van der Waals surface area contributed by atoms with Crippen molar-refractivity contribution < 1.29 is 37.0 Å². The number of benzene rings is 2. The van der Waals surface area contributed by atoms with Gasteiger partial charge in [0.2, 0.25) is 5.95 Å². The number of aromatic nitrogens is 4. The highest BCUT2D eigenvalue weighted by Gasteiger charge is 2.45. The van der Waals surface area contributed by atoms with E-state index in [0.29, 0.717) is 17.6 Å². The van der Waals surface area contributed by atoms with Crippen molar-refractivity contribution in [2.45, 2.75) is 12.5 Å². The number of hydrogen-bond acceptors (Lipinski definition) is 10. The largest absolute Gasteiger partial charge is 0.527 e. The number of fused-ring (bicyclic) bond motifs is 1. The summed E-state index contributed by atoms with van der Waals surface area (Å²) in [7, 11) is -9.16. The Labute approximate surface area is 238 Å². The summed E-state index contributed by atoms with van der Waals surface area (Å²) < 4.78 is 48.0. The van der Waals surface area contributed by atoms with Gasteiger partial charge < -0.3 is 19.3 Å². The van der Waals surface area contributed by atoms with E-state index >= 15 is 0 Å². The lowest BCUT2D eigenvalue weighted by molar-refractivity contribution is -0.00443. The van der Waals surface area contributed by atoms with E-state index in [1.54, 1.807) is 35.2 Å². The van der Waals surface area contributed by atoms with Crippen LogP contribution in [-0.4, -0.2) is 42.5 Å². The fraction of sp³-hybridized carbons (Fsp3) is 0.261. The molecule has 4 aromatic rings. The smallest absolute Gasteiger partial charge is 0.403 e. The zero-order chi connectivity index (χ0) is 28.5. The molecule has 0 saturated heterocycles. The number of halogens is 2. The molecule has 5 rings (SSSR count). The van der Waals surface area contributed by atoms with Gasteiger partial charge >= 0.3 is 15.6 Å². The Morgan fingerprint density at radius 3 is 2.10 bits per heavy atom. The molecule has 2 unspecified atom stereocenters. The molecule has 2 heterocycles. The molecule has 0 radical (unpaired) electrons. The van der Waals surface area contributed by atoms with E-state index in [9.17, 15) is 18.9 Å². The van der Waals surface area contributed by atoms with Crippen molar-refractivity contribution in [1.29, 1.82) is 0 Å². The number of nitrogens with zero attached hydrogens (tertiary/aromatic N) is 4. The predicted octanol–water partition coefficient (Wildman–Crippen LogP) is 5.28. The molecule has 13 nitrogen and oxygen atoms in total. The summed E-state index contributed by atoms with van der Waals surface area (Å²) in [6.07, 6.45) is 3.45. The van der Waals surface area contributed by atoms with E-state index in [0.717, 1.165) is 0 Å². The molecule has 0 amide bonds. The summed E-state index contributed by atoms with van der Waals surface area (Å²) in [5.74, 6) is -0.874. The van der Waals surface area contributed by atoms with Gasteiger partial charge in [-0.05, 0) is 36.6 Å². The third-order valence-corrected chi connectivity index (χ3v) is 8.75. The minimum Gasteiger partial charge on any atom is -0.403 e. The molecule has 2 aromatic carbocycles. The van der Waals surface area contributed by atoms with Crippen LogP contribution in [0, 0.1) is 11.8 Å². The number of hydrogen-bond donors (Lipinski definition) is 3. The fourth-order valence-corrected chi connectivity index (χ4v) is 6.45. The van der Waals surface area contributed by atoms with E-state index in [1.807, 2.05) is 0 Å². The number of anilines is 1. The van der Waals surface area contributed by atoms with E-state index in [-0.39, 0.29) is 46.7 Å². The van der Waals surface area contributed by atoms with Gasteiger partial charge in [-0.15, -0.1) is 0 Å². The van der Waals surface area contributed by atoms with Crippen LogP contribution >= 0.6 is 38.8 Å². The van der Waals surface area contributed by atoms with E-state index in [2.05, 4.69) is 15.0 Å². The Kier molecular flexibility index (Phi) is 8.37. The molecule has 5 atom stereocenters. The van der Waals surface area contributed by atoms with Gasteiger partial charge in [-0.2, -0.15) is 4.98 Å². The fourth-order valence-electron chi connectivity index (χ4n) is 4.33. The van der Waals surface area contributed by atoms with Crippen LogP contribution in [0.15, 0.2) is 61.1 Å². The standard InChI is InChI=1S/C23H23Cl2N5O8P2/c24-16-5-1-3-7-20(16)37-39(31,32)35-11-14-9-19(30-13-28-18-10-27-23(26)29-22(18)30)15(14)12-36-40(33,34)38-21-8-4-2-6-17(21)25/h1-8,10,13-15,19H,9,11-12H2,(H,31,32)(H,33,34)(H2,26,27,29)/t14-,15-,19-/m1/s1. The lowest BCUT2D eigenvalue weighted by Crippen LogP contribution is -2.43. The molecule has 1 aliphatic rings. The topological polar surface area (TPSA) is 181 Å². The monoisotopic (exact) mass is 629 g/mol. The Morgan fingerprint density at radius 1 is 0.925 bits per heavy atom. The molecule has 0 spiro atoms. The van der Waals surface area contributed by atoms with Crippen LogP contribution in [0.5, 0.6) is 11.5 Å². The molecule has 0 bridgehead atoms. The van der Waals surface area contributed by atoms with Crippen LogP contribution in [0.4, 0.5) is 5.95 Å². The zero-order valence-electron chi connectivity index (χ0n) is 20.5. The van der Waals surface area contributed by atoms with Crippen molar-refractivity contribution in [2.24, 2.45) is 11.8 Å². The normalized spacial score (nSPS) is 21.8. The number of imidazole rings is 1. The molecular formula is C23H23Cl2N5O8P2. The van der Waals surface area contributed by atoms with Crippen LogP contribution in [0.2, 0.25) is 10.0 Å². The van der Waals surface area contributed by atoms with Gasteiger partial charge in [-0.3, -0.25) is 18.8 Å². The second-order valence-corrected chi connectivity index (χ2v) is 12.5. The maximum atomic E-state index is 12.7. The van der Waals surface area contributed by atoms with Gasteiger partial charge in [0.25, 0.3) is 0 Å². The van der Waals surface area contributed by atoms with E-state index < -0.39 is 27.5 Å². The van der Waals surface area contributed by atoms with Crippen molar-refractivity contribution in [1.82, 2.24) is 19.5 Å². The van der Waals surface area contributed by atoms with Gasteiger partial charge in [-0.25, -0.2) is 19.1 Å². The van der Waals surface area contributed by atoms with Crippen LogP contribution in [0.1, 0.15) is 12.5 Å². The van der Waals surface area contributed by atoms with Crippen LogP contribution in [-0.2, 0) is 18.2 Å². The number of rotatable bonds is 11. The molecule has 40 heavy (non-hydrogen) atoms. The van der Waals surface area contributed by atoms with E-state index in [1.165, 1.54) is 30.5 Å². The number of para-hydroxylation sites is 2. The maximum absolute atomic E-state index is 12.7. The summed E-state index contributed by atoms with van der Waals surface area (Å²) in [6, 6.07) is 12.0. The first-order valence-corrected chi connectivity index (χ1v) is 15.5. The quantitative estimate of drug-likeness (QED) is 0.183. The van der Waals surface area contributed by atoms with Crippen molar-refractivity contribution in [3.05, 3.63) is 71.1 Å². The lowest BCUT2D eigenvalue weighted by atomic mass is 9.70. The van der Waals surface area contributed by atoms with Crippen LogP contribution < -0.4 is 14.8 Å². The summed E-state index contributed by atoms with van der Waals surface area (Å²) in [5.41, 5.74) is 6.71. The molecule has 212 valence electrons. The number of nitrogen functional groups attached to an aromatic ring is 1. The Balaban J connectivity index is 1.32. The average molecular weight is 630 g/mol. The Bertz CT molecular complexity index is 1630. The van der Waals surface area contributed by atoms with Gasteiger partial charge in [0.05, 0.1) is 35.8 Å². The Hall–Kier alpha value is -2.73. The van der Waals surface area contributed by atoms with Crippen molar-refractivity contribution >= 4 is 56.0 Å². The van der Waals surface area contributed by atoms with Crippen LogP contribution in [0.25, 0.3) is 11.2 Å². The lowest BCUT2D eigenvalue weighted by Gasteiger charge is -2.45. The highest BCUT2D eigenvalue weighted by molar-refractivity contribution is 7.48. The predicted molar refractivity (Wildman–Crippen MR) is 146 cm³/mol. The number of phosphoric acid groups is 2. The molecule has 4 N–H and O–H groups in total. The van der Waals surface area contributed by atoms with Crippen LogP contribution in [0.3, 0.4) is 0 Å². The summed E-state index contributed by atoms with van der Waals surface area (Å²) in [4.78, 5) is 33.1. The Morgan fingerprint density at radius 2 is 1.50 bits per heavy atom. The first-order chi connectivity index (χ1) is 19.0. The second-order valence-electron chi connectivity index (χ2n) is 8.89. The molecular weight excluding hydrogens is 607 g/mol. The van der Waals surface area contributed by atoms with Gasteiger partial charge in [0.1, 0.15) is 17.0 Å². The first kappa shape index (κ1) is 28.8. The van der Waals surface area contributed by atoms with Crippen molar-refractivity contribution in [2.75, 3.05) is 18.9 Å². The molecule has 1 saturated carbocycles. The van der Waals surface area contributed by atoms with Crippen molar-refractivity contribution in [3.63, 3.8) is 0 Å². The molecule has 1 fully saturated rings. The zero-order valence-corrected chi connectivity index (χ0v) is 23.8. The minimum absolute atomic E-state index is 0.0125. The number of phosphoric ester groups is 2. The number of nitrogens with two attached hydrogens (primary N) is 1. The SMILES string of the molecule is Nc1ncc2ncn([C@@H]3C[C@H](COP(=O)(O)Oc4ccccc4Cl)[C@H]3COP(=O)(O)Oc3ccccc3Cl)c2n1. The highest BCUT2D eigenvalue weighted by Crippen LogP contribution is 2.53. The van der Waals surface area contributed by atoms with Gasteiger partial charge in [0.15, 0.2) is 5.65 Å². The summed E-state index contributed by atoms with van der Waals surface area (Å²) >= 11 is 12.0. The summed E-state index contributed by atoms with van der Waals surface area (Å²) in [5, 5.41) is 0.272. The third-order valence-electron chi connectivity index (χ3n) is 6.32. The third kappa shape index (κ3) is 6.59. The van der Waals surface area contributed by atoms with E-state index in [4.69, 9.17) is 47.0 Å². The molecule has 17 heteroatoms. The first-order valence-electron chi connectivity index (χ1n) is 11.8. The van der Waals surface area contributed by atoms with Gasteiger partial charge in [-0.1, -0.05) is 47.5 Å². The maximum Gasteiger partial charge on any atom is 0.527 e. The van der Waals surface area contributed by atoms with Crippen molar-refractivity contribution in [3.8, 4) is 11.5 Å².